The first-order chi connectivity index (χ1) is 26.9. The second-order valence-electron chi connectivity index (χ2n) is 16.8. The third-order valence-electron chi connectivity index (χ3n) is 10.9. The van der Waals surface area contributed by atoms with Crippen molar-refractivity contribution >= 4 is 11.0 Å². The van der Waals surface area contributed by atoms with Gasteiger partial charge >= 0.3 is 0 Å². The first kappa shape index (κ1) is 39.7. The normalized spacial score (nSPS) is 12.3. The number of para-hydroxylation sites is 2. The van der Waals surface area contributed by atoms with Gasteiger partial charge in [0.15, 0.2) is 0 Å². The van der Waals surface area contributed by atoms with E-state index in [9.17, 15) is 5.11 Å². The Bertz CT molecular complexity index is 2670. The predicted octanol–water partition coefficient (Wildman–Crippen LogP) is 13.3. The Balaban J connectivity index is 0.00000496. The molecule has 1 unspecified atom stereocenters. The molecule has 4 nitrogen and oxygen atoms in total. The van der Waals surface area contributed by atoms with Crippen molar-refractivity contribution in [1.29, 1.82) is 0 Å². The van der Waals surface area contributed by atoms with Gasteiger partial charge in [0, 0.05) is 50.1 Å². The largest absolute Gasteiger partial charge is 0.507 e. The van der Waals surface area contributed by atoms with E-state index in [4.69, 9.17) is 9.97 Å². The van der Waals surface area contributed by atoms with Gasteiger partial charge in [0.2, 0.25) is 0 Å². The Kier molecular flexibility index (Phi) is 11.0. The van der Waals surface area contributed by atoms with Crippen molar-refractivity contribution in [3.63, 3.8) is 0 Å². The maximum Gasteiger partial charge on any atom is 0.148 e. The summed E-state index contributed by atoms with van der Waals surface area (Å²) in [4.78, 5) is 10.3. The number of pyridine rings is 1. The number of benzene rings is 6. The number of hydrogen-bond acceptors (Lipinski definition) is 3. The number of aromatic nitrogens is 3. The number of phenolic OH excluding ortho intramolecular Hbond substituents is 1. The van der Waals surface area contributed by atoms with Gasteiger partial charge in [0.25, 0.3) is 0 Å². The average Bonchev–Trinajstić information content (AvgIpc) is 3.60. The van der Waals surface area contributed by atoms with Crippen LogP contribution in [0.5, 0.6) is 5.75 Å². The SMILES string of the molecule is CC(c1ccccc1)c1ccccc1-c1cc(-c2ccccn2)[c-]c(-c2cccc3c2nc(-c2cc(C(C)(C)C)cc(C(C)(C)C)c2O)n3-c2ccccc2)c1.[Pt]. The Labute approximate surface area is 351 Å². The van der Waals surface area contributed by atoms with Gasteiger partial charge < -0.3 is 5.11 Å². The average molecular weight is 926 g/mol. The smallest absolute Gasteiger partial charge is 0.148 e. The van der Waals surface area contributed by atoms with E-state index in [2.05, 4.69) is 168 Å². The summed E-state index contributed by atoms with van der Waals surface area (Å²) in [6, 6.07) is 54.6. The molecule has 8 rings (SSSR count). The number of hydrogen-bond donors (Lipinski definition) is 1. The van der Waals surface area contributed by atoms with E-state index >= 15 is 0 Å². The number of rotatable bonds is 7. The molecule has 5 heteroatoms. The fraction of sp³-hybridized carbons (Fsp3) is 0.192. The van der Waals surface area contributed by atoms with Crippen molar-refractivity contribution in [2.45, 2.75) is 65.2 Å². The molecular formula is C52H48N3OPt-. The molecule has 1 atom stereocenters. The van der Waals surface area contributed by atoms with Gasteiger partial charge in [-0.25, -0.2) is 4.98 Å². The van der Waals surface area contributed by atoms with Crippen molar-refractivity contribution < 1.29 is 26.2 Å². The van der Waals surface area contributed by atoms with Gasteiger partial charge in [-0.15, -0.1) is 23.8 Å². The summed E-state index contributed by atoms with van der Waals surface area (Å²) in [5, 5.41) is 12.2. The maximum absolute atomic E-state index is 12.2. The van der Waals surface area contributed by atoms with Crippen LogP contribution < -0.4 is 0 Å². The standard InChI is InChI=1S/C52H48N3O.Pt/c1-34(35-19-10-8-11-20-35)41-23-14-15-24-42(41)36-29-37(31-38(30-36)46-26-16-17-28-53-46)43-25-18-27-47-48(43)54-50(55(47)40-21-12-9-13-22-40)44-32-39(51(2,3)4)33-45(49(44)56)52(5,6)7;/h8-30,32-34,56H,1-7H3;/q-1;. The number of fused-ring (bicyclic) bond motifs is 1. The topological polar surface area (TPSA) is 50.9 Å². The van der Waals surface area contributed by atoms with Crippen LogP contribution in [-0.2, 0) is 31.9 Å². The van der Waals surface area contributed by atoms with Crippen molar-refractivity contribution in [3.05, 3.63) is 180 Å². The molecule has 0 radical (unpaired) electrons. The van der Waals surface area contributed by atoms with Crippen LogP contribution in [0.25, 0.3) is 61.6 Å². The van der Waals surface area contributed by atoms with Crippen molar-refractivity contribution in [1.82, 2.24) is 14.5 Å². The molecule has 8 aromatic rings. The summed E-state index contributed by atoms with van der Waals surface area (Å²) in [6.45, 7) is 15.4. The summed E-state index contributed by atoms with van der Waals surface area (Å²) in [7, 11) is 0. The minimum atomic E-state index is -0.291. The summed E-state index contributed by atoms with van der Waals surface area (Å²) >= 11 is 0. The summed E-state index contributed by atoms with van der Waals surface area (Å²) in [6.07, 6.45) is 1.83. The molecule has 0 saturated heterocycles. The molecule has 1 N–H and O–H groups in total. The minimum absolute atomic E-state index is 0. The van der Waals surface area contributed by atoms with Crippen LogP contribution in [0.3, 0.4) is 0 Å². The molecule has 0 aliphatic heterocycles. The fourth-order valence-electron chi connectivity index (χ4n) is 7.73. The Hall–Kier alpha value is -5.57. The molecule has 0 bridgehead atoms. The van der Waals surface area contributed by atoms with Gasteiger partial charge in [-0.05, 0) is 63.4 Å². The predicted molar refractivity (Wildman–Crippen MR) is 232 cm³/mol. The second kappa shape index (κ2) is 15.8. The fourth-order valence-corrected chi connectivity index (χ4v) is 7.73. The number of nitrogens with zero attached hydrogens (tertiary/aromatic N) is 3. The zero-order valence-corrected chi connectivity index (χ0v) is 35.9. The minimum Gasteiger partial charge on any atom is -0.507 e. The van der Waals surface area contributed by atoms with Gasteiger partial charge in [-0.1, -0.05) is 168 Å². The molecule has 6 aromatic carbocycles. The first-order valence-corrected chi connectivity index (χ1v) is 19.5. The van der Waals surface area contributed by atoms with Crippen LogP contribution in [0.4, 0.5) is 0 Å². The summed E-state index contributed by atoms with van der Waals surface area (Å²) < 4.78 is 2.19. The maximum atomic E-state index is 12.2. The van der Waals surface area contributed by atoms with Gasteiger partial charge in [0.05, 0.1) is 16.6 Å². The van der Waals surface area contributed by atoms with E-state index < -0.39 is 0 Å². The molecular weight excluding hydrogens is 878 g/mol. The molecule has 2 aromatic heterocycles. The van der Waals surface area contributed by atoms with Crippen LogP contribution >= 0.6 is 0 Å². The number of aromatic hydroxyl groups is 1. The van der Waals surface area contributed by atoms with E-state index in [0.29, 0.717) is 11.4 Å². The Morgan fingerprint density at radius 2 is 1.28 bits per heavy atom. The van der Waals surface area contributed by atoms with E-state index in [1.807, 2.05) is 42.6 Å². The molecule has 57 heavy (non-hydrogen) atoms. The Morgan fingerprint density at radius 1 is 0.632 bits per heavy atom. The van der Waals surface area contributed by atoms with Gasteiger partial charge in [0.1, 0.15) is 11.6 Å². The van der Waals surface area contributed by atoms with Gasteiger partial charge in [-0.3, -0.25) is 9.55 Å². The van der Waals surface area contributed by atoms with Crippen LogP contribution in [-0.4, -0.2) is 19.6 Å². The third-order valence-corrected chi connectivity index (χ3v) is 10.9. The number of phenols is 1. The van der Waals surface area contributed by atoms with Crippen molar-refractivity contribution in [2.24, 2.45) is 0 Å². The Morgan fingerprint density at radius 3 is 1.96 bits per heavy atom. The van der Waals surface area contributed by atoms with Gasteiger partial charge in [-0.2, -0.15) is 0 Å². The van der Waals surface area contributed by atoms with E-state index in [1.165, 1.54) is 11.1 Å². The van der Waals surface area contributed by atoms with Crippen molar-refractivity contribution in [2.75, 3.05) is 0 Å². The first-order valence-electron chi connectivity index (χ1n) is 19.5. The zero-order chi connectivity index (χ0) is 39.2. The summed E-state index contributed by atoms with van der Waals surface area (Å²) in [5.41, 5.74) is 13.5. The summed E-state index contributed by atoms with van der Waals surface area (Å²) in [5.74, 6) is 1.13. The molecule has 0 amide bonds. The zero-order valence-electron chi connectivity index (χ0n) is 33.6. The monoisotopic (exact) mass is 925 g/mol. The quantitative estimate of drug-likeness (QED) is 0.162. The second-order valence-corrected chi connectivity index (χ2v) is 16.8. The van der Waals surface area contributed by atoms with E-state index in [-0.39, 0.29) is 43.6 Å². The molecule has 0 aliphatic carbocycles. The molecule has 2 heterocycles. The third kappa shape index (κ3) is 7.76. The van der Waals surface area contributed by atoms with Crippen LogP contribution in [0.2, 0.25) is 0 Å². The molecule has 0 fully saturated rings. The van der Waals surface area contributed by atoms with E-state index in [1.54, 1.807) is 0 Å². The molecule has 0 saturated carbocycles. The van der Waals surface area contributed by atoms with Crippen LogP contribution in [0.15, 0.2) is 152 Å². The number of imidazole rings is 1. The van der Waals surface area contributed by atoms with Crippen LogP contribution in [0.1, 0.15) is 76.6 Å². The van der Waals surface area contributed by atoms with E-state index in [0.717, 1.165) is 61.4 Å². The molecule has 0 spiro atoms. The molecule has 0 aliphatic rings. The van der Waals surface area contributed by atoms with Crippen LogP contribution in [0, 0.1) is 6.07 Å². The van der Waals surface area contributed by atoms with Crippen molar-refractivity contribution in [3.8, 4) is 56.3 Å². The molecule has 288 valence electrons.